The number of hydrogen-bond acceptors (Lipinski definition) is 8. The third kappa shape index (κ3) is 3.56. The van der Waals surface area contributed by atoms with E-state index in [1.807, 2.05) is 13.8 Å². The Balaban J connectivity index is 1.67. The predicted molar refractivity (Wildman–Crippen MR) is 103 cm³/mol. The van der Waals surface area contributed by atoms with E-state index in [-0.39, 0.29) is 17.8 Å². The van der Waals surface area contributed by atoms with Gasteiger partial charge in [-0.3, -0.25) is 4.79 Å². The monoisotopic (exact) mass is 420 g/mol. The van der Waals surface area contributed by atoms with Crippen molar-refractivity contribution in [1.29, 1.82) is 0 Å². The van der Waals surface area contributed by atoms with Crippen molar-refractivity contribution in [3.63, 3.8) is 0 Å². The maximum atomic E-state index is 12.8. The second kappa shape index (κ2) is 6.92. The van der Waals surface area contributed by atoms with Crippen LogP contribution in [0.15, 0.2) is 23.8 Å². The van der Waals surface area contributed by atoms with Crippen LogP contribution in [0.4, 0.5) is 0 Å². The number of esters is 3. The Labute approximate surface area is 175 Å². The second-order valence-corrected chi connectivity index (χ2v) is 9.10. The number of hydrogen-bond donors (Lipinski definition) is 0. The number of carbonyl (C=O) groups excluding carboxylic acids is 3. The minimum atomic E-state index is -0.980. The van der Waals surface area contributed by atoms with Gasteiger partial charge in [0.05, 0.1) is 23.7 Å². The Morgan fingerprint density at radius 1 is 1.23 bits per heavy atom. The van der Waals surface area contributed by atoms with Crippen molar-refractivity contribution in [1.82, 2.24) is 0 Å². The van der Waals surface area contributed by atoms with Crippen LogP contribution in [-0.4, -0.2) is 59.6 Å². The first-order valence-corrected chi connectivity index (χ1v) is 10.3. The second-order valence-electron chi connectivity index (χ2n) is 9.10. The minimum absolute atomic E-state index is 0.166. The van der Waals surface area contributed by atoms with Crippen molar-refractivity contribution in [2.75, 3.05) is 0 Å². The number of carbonyl (C=O) groups is 3. The van der Waals surface area contributed by atoms with Gasteiger partial charge in [0.15, 0.2) is 5.60 Å². The van der Waals surface area contributed by atoms with Crippen LogP contribution in [0.25, 0.3) is 0 Å². The lowest BCUT2D eigenvalue weighted by molar-refractivity contribution is -0.159. The molecule has 0 bridgehead atoms. The number of epoxide rings is 2. The molecule has 0 spiro atoms. The molecule has 0 radical (unpaired) electrons. The van der Waals surface area contributed by atoms with Gasteiger partial charge in [-0.05, 0) is 39.3 Å². The van der Waals surface area contributed by atoms with Crippen LogP contribution in [0.5, 0.6) is 0 Å². The summed E-state index contributed by atoms with van der Waals surface area (Å²) in [5.74, 6) is -1.96. The fourth-order valence-corrected chi connectivity index (χ4v) is 4.48. The third-order valence-electron chi connectivity index (χ3n) is 6.78. The Morgan fingerprint density at radius 2 is 1.90 bits per heavy atom. The smallest absolute Gasteiger partial charge is 0.341 e. The summed E-state index contributed by atoms with van der Waals surface area (Å²) in [7, 11) is 0. The molecule has 8 atom stereocenters. The van der Waals surface area contributed by atoms with E-state index in [1.165, 1.54) is 6.92 Å². The normalized spacial score (nSPS) is 44.8. The summed E-state index contributed by atoms with van der Waals surface area (Å²) in [4.78, 5) is 36.7. The number of rotatable bonds is 3. The fourth-order valence-electron chi connectivity index (χ4n) is 4.48. The zero-order valence-corrected chi connectivity index (χ0v) is 17.9. The Morgan fingerprint density at radius 3 is 2.50 bits per heavy atom. The van der Waals surface area contributed by atoms with Crippen molar-refractivity contribution in [2.45, 2.75) is 89.2 Å². The van der Waals surface area contributed by atoms with E-state index in [9.17, 15) is 14.4 Å². The van der Waals surface area contributed by atoms with Gasteiger partial charge in [-0.25, -0.2) is 9.59 Å². The minimum Gasteiger partial charge on any atom is -0.459 e. The topological polar surface area (TPSA) is 104 Å². The largest absolute Gasteiger partial charge is 0.459 e. The maximum Gasteiger partial charge on any atom is 0.341 e. The molecular weight excluding hydrogens is 392 g/mol. The molecule has 4 aliphatic rings. The molecule has 3 saturated heterocycles. The van der Waals surface area contributed by atoms with Gasteiger partial charge >= 0.3 is 17.9 Å². The van der Waals surface area contributed by atoms with E-state index in [1.54, 1.807) is 19.9 Å². The van der Waals surface area contributed by atoms with Gasteiger partial charge in [0.2, 0.25) is 0 Å². The lowest BCUT2D eigenvalue weighted by atomic mass is 9.82. The van der Waals surface area contributed by atoms with E-state index < -0.39 is 53.3 Å². The molecule has 164 valence electrons. The summed E-state index contributed by atoms with van der Waals surface area (Å²) in [6.45, 7) is 12.5. The SMILES string of the molecule is C=C1C(=O)OC2C=C(C)C(OC(C)=O)CC3OC3(C)CC(OC(=O)C3(C)OC3C)C12. The molecule has 0 aromatic carbocycles. The Kier molecular flexibility index (Phi) is 4.86. The summed E-state index contributed by atoms with van der Waals surface area (Å²) < 4.78 is 28.3. The van der Waals surface area contributed by atoms with E-state index in [0.717, 1.165) is 5.57 Å². The van der Waals surface area contributed by atoms with E-state index in [2.05, 4.69) is 6.58 Å². The lowest BCUT2D eigenvalue weighted by Crippen LogP contribution is -2.40. The van der Waals surface area contributed by atoms with E-state index in [0.29, 0.717) is 12.8 Å². The van der Waals surface area contributed by atoms with Crippen molar-refractivity contribution < 1.29 is 38.1 Å². The molecular formula is C22H28O8. The molecule has 3 fully saturated rings. The molecule has 3 aliphatic heterocycles. The van der Waals surface area contributed by atoms with Crippen LogP contribution in [0, 0.1) is 5.92 Å². The summed E-state index contributed by atoms with van der Waals surface area (Å²) in [5.41, 5.74) is -0.554. The first-order valence-electron chi connectivity index (χ1n) is 10.3. The Hall–Kier alpha value is -2.19. The van der Waals surface area contributed by atoms with Gasteiger partial charge in [-0.1, -0.05) is 6.58 Å². The molecule has 8 unspecified atom stereocenters. The zero-order chi connectivity index (χ0) is 22.0. The number of fused-ring (bicyclic) bond motifs is 2. The van der Waals surface area contributed by atoms with Crippen LogP contribution in [-0.2, 0) is 38.1 Å². The first kappa shape index (κ1) is 21.1. The average molecular weight is 420 g/mol. The van der Waals surface area contributed by atoms with Crippen molar-refractivity contribution in [3.05, 3.63) is 23.8 Å². The molecule has 0 aromatic rings. The summed E-state index contributed by atoms with van der Waals surface area (Å²) in [6, 6.07) is 0. The molecule has 0 saturated carbocycles. The van der Waals surface area contributed by atoms with Gasteiger partial charge in [0, 0.05) is 25.3 Å². The zero-order valence-electron chi connectivity index (χ0n) is 17.9. The van der Waals surface area contributed by atoms with Gasteiger partial charge in [0.25, 0.3) is 0 Å². The molecule has 1 aliphatic carbocycles. The predicted octanol–water partition coefficient (Wildman–Crippen LogP) is 2.00. The van der Waals surface area contributed by atoms with Gasteiger partial charge < -0.3 is 23.7 Å². The highest BCUT2D eigenvalue weighted by atomic mass is 16.7. The molecule has 0 aromatic heterocycles. The average Bonchev–Trinajstić information content (AvgIpc) is 3.43. The summed E-state index contributed by atoms with van der Waals surface area (Å²) in [5, 5.41) is 0. The van der Waals surface area contributed by atoms with Crippen LogP contribution in [0.3, 0.4) is 0 Å². The van der Waals surface area contributed by atoms with Crippen molar-refractivity contribution in [3.8, 4) is 0 Å². The van der Waals surface area contributed by atoms with Crippen molar-refractivity contribution >= 4 is 17.9 Å². The fraction of sp³-hybridized carbons (Fsp3) is 0.682. The molecule has 0 amide bonds. The third-order valence-corrected chi connectivity index (χ3v) is 6.78. The highest BCUT2D eigenvalue weighted by molar-refractivity contribution is 5.91. The quantitative estimate of drug-likeness (QED) is 0.225. The molecule has 3 heterocycles. The molecule has 8 nitrogen and oxygen atoms in total. The highest BCUT2D eigenvalue weighted by Gasteiger charge is 2.61. The molecule has 4 rings (SSSR count). The Bertz CT molecular complexity index is 846. The first-order chi connectivity index (χ1) is 13.9. The summed E-state index contributed by atoms with van der Waals surface area (Å²) >= 11 is 0. The van der Waals surface area contributed by atoms with Crippen LogP contribution < -0.4 is 0 Å². The van der Waals surface area contributed by atoms with E-state index in [4.69, 9.17) is 23.7 Å². The lowest BCUT2D eigenvalue weighted by Gasteiger charge is -2.30. The molecule has 30 heavy (non-hydrogen) atoms. The molecule has 0 N–H and O–H groups in total. The van der Waals surface area contributed by atoms with Crippen molar-refractivity contribution in [2.24, 2.45) is 5.92 Å². The van der Waals surface area contributed by atoms with E-state index >= 15 is 0 Å². The van der Waals surface area contributed by atoms with Gasteiger partial charge in [0.1, 0.15) is 18.3 Å². The molecule has 8 heteroatoms. The van der Waals surface area contributed by atoms with Gasteiger partial charge in [-0.2, -0.15) is 0 Å². The van der Waals surface area contributed by atoms with Gasteiger partial charge in [-0.15, -0.1) is 0 Å². The highest BCUT2D eigenvalue weighted by Crippen LogP contribution is 2.49. The van der Waals surface area contributed by atoms with Crippen LogP contribution in [0.1, 0.15) is 47.5 Å². The number of ether oxygens (including phenoxy) is 5. The van der Waals surface area contributed by atoms with Crippen LogP contribution in [0.2, 0.25) is 0 Å². The van der Waals surface area contributed by atoms with Crippen LogP contribution >= 0.6 is 0 Å². The standard InChI is InChI=1S/C22H28O8/c1-10-7-15-18(11(2)19(24)27-15)16(28-20(25)22(6)12(3)29-22)9-21(5)17(30-21)8-14(10)26-13(4)23/h7,12,14-18H,2,8-9H2,1,3-6H3. The maximum absolute atomic E-state index is 12.8. The summed E-state index contributed by atoms with van der Waals surface area (Å²) in [6.07, 6.45) is 0.384.